The summed E-state index contributed by atoms with van der Waals surface area (Å²) >= 11 is 6.12. The molecule has 0 aromatic heterocycles. The van der Waals surface area contributed by atoms with E-state index in [1.165, 1.54) is 30.3 Å². The van der Waals surface area contributed by atoms with Crippen LogP contribution >= 0.6 is 11.6 Å². The lowest BCUT2D eigenvalue weighted by Gasteiger charge is -2.06. The third kappa shape index (κ3) is 4.14. The zero-order chi connectivity index (χ0) is 21.1. The predicted molar refractivity (Wildman–Crippen MR) is 110 cm³/mol. The fraction of sp³-hybridized carbons (Fsp3) is 0. The zero-order valence-corrected chi connectivity index (χ0v) is 16.1. The first kappa shape index (κ1) is 19.5. The van der Waals surface area contributed by atoms with Gasteiger partial charge in [0.05, 0.1) is 16.1 Å². The number of esters is 2. The average Bonchev–Trinajstić information content (AvgIpc) is 3.09. The first-order chi connectivity index (χ1) is 14.5. The van der Waals surface area contributed by atoms with Crippen molar-refractivity contribution in [2.45, 2.75) is 0 Å². The molecule has 1 aliphatic heterocycles. The molecule has 0 saturated carbocycles. The molecule has 1 aliphatic rings. The van der Waals surface area contributed by atoms with Gasteiger partial charge in [0.25, 0.3) is 0 Å². The van der Waals surface area contributed by atoms with E-state index < -0.39 is 17.8 Å². The van der Waals surface area contributed by atoms with Crippen molar-refractivity contribution in [2.75, 3.05) is 0 Å². The summed E-state index contributed by atoms with van der Waals surface area (Å²) in [5, 5.41) is 0.410. The number of hydrogen-bond donors (Lipinski definition) is 0. The Kier molecular flexibility index (Phi) is 5.41. The third-order valence-corrected chi connectivity index (χ3v) is 4.52. The molecule has 7 heteroatoms. The molecule has 0 radical (unpaired) electrons. The topological polar surface area (TPSA) is 65.0 Å². The molecular weight excluding hydrogens is 409 g/mol. The maximum atomic E-state index is 13.8. The number of benzene rings is 3. The van der Waals surface area contributed by atoms with Gasteiger partial charge in [-0.3, -0.25) is 0 Å². The van der Waals surface area contributed by atoms with Crippen LogP contribution in [0.3, 0.4) is 0 Å². The minimum atomic E-state index is -0.822. The average molecular weight is 422 g/mol. The van der Waals surface area contributed by atoms with Crippen LogP contribution in [0, 0.1) is 5.82 Å². The Morgan fingerprint density at radius 3 is 2.60 bits per heavy atom. The normalized spacial score (nSPS) is 14.4. The molecule has 0 bridgehead atoms. The van der Waals surface area contributed by atoms with E-state index in [4.69, 9.17) is 21.1 Å². The van der Waals surface area contributed by atoms with Gasteiger partial charge in [-0.15, -0.1) is 0 Å². The van der Waals surface area contributed by atoms with Crippen LogP contribution < -0.4 is 4.74 Å². The fourth-order valence-electron chi connectivity index (χ4n) is 2.77. The monoisotopic (exact) mass is 421 g/mol. The summed E-state index contributed by atoms with van der Waals surface area (Å²) in [7, 11) is 0. The number of carbonyl (C=O) groups excluding carboxylic acids is 2. The van der Waals surface area contributed by atoms with Crippen molar-refractivity contribution < 1.29 is 23.5 Å². The van der Waals surface area contributed by atoms with Crippen molar-refractivity contribution in [2.24, 2.45) is 4.99 Å². The smallest absolute Gasteiger partial charge is 0.363 e. The summed E-state index contributed by atoms with van der Waals surface area (Å²) in [4.78, 5) is 28.6. The second kappa shape index (κ2) is 8.31. The van der Waals surface area contributed by atoms with Gasteiger partial charge in [0.2, 0.25) is 5.90 Å². The molecule has 3 aromatic carbocycles. The lowest BCUT2D eigenvalue weighted by atomic mass is 10.2. The lowest BCUT2D eigenvalue weighted by Crippen LogP contribution is -2.10. The molecule has 4 rings (SSSR count). The highest BCUT2D eigenvalue weighted by Gasteiger charge is 2.25. The van der Waals surface area contributed by atoms with Crippen LogP contribution in [0.15, 0.2) is 83.5 Å². The molecule has 3 aromatic rings. The van der Waals surface area contributed by atoms with Gasteiger partial charge in [0.1, 0.15) is 11.6 Å². The highest BCUT2D eigenvalue weighted by molar-refractivity contribution is 6.34. The fourth-order valence-corrected chi connectivity index (χ4v) is 2.99. The van der Waals surface area contributed by atoms with Crippen LogP contribution in [0.5, 0.6) is 5.75 Å². The Hall–Kier alpha value is -3.77. The summed E-state index contributed by atoms with van der Waals surface area (Å²) in [6, 6.07) is 18.8. The minimum absolute atomic E-state index is 0.0718. The van der Waals surface area contributed by atoms with E-state index in [0.717, 1.165) is 0 Å². The largest absolute Gasteiger partial charge is 0.423 e. The molecule has 0 fully saturated rings. The number of halogens is 2. The quantitative estimate of drug-likeness (QED) is 0.336. The summed E-state index contributed by atoms with van der Waals surface area (Å²) < 4.78 is 24.2. The maximum Gasteiger partial charge on any atom is 0.363 e. The molecule has 148 valence electrons. The second-order valence-electron chi connectivity index (χ2n) is 6.26. The number of cyclic esters (lactones) is 1. The number of aliphatic imine (C=N–C) groups is 1. The number of carbonyl (C=O) groups is 2. The molecule has 0 saturated heterocycles. The SMILES string of the molecule is O=C1OC(c2ccccc2Cl)=NC1=Cc1cccc(OC(=O)c2ccccc2F)c1. The molecule has 0 atom stereocenters. The van der Waals surface area contributed by atoms with Crippen molar-refractivity contribution in [3.8, 4) is 5.75 Å². The van der Waals surface area contributed by atoms with E-state index >= 15 is 0 Å². The van der Waals surface area contributed by atoms with Crippen LogP contribution in [-0.2, 0) is 9.53 Å². The standard InChI is InChI=1S/C23H13ClFNO4/c24-18-10-3-1-8-16(18)21-26-20(23(28)30-21)13-14-6-5-7-15(12-14)29-22(27)17-9-2-4-11-19(17)25/h1-13H. The minimum Gasteiger partial charge on any atom is -0.423 e. The summed E-state index contributed by atoms with van der Waals surface area (Å²) in [5.41, 5.74) is 0.950. The number of rotatable bonds is 4. The number of ether oxygens (including phenoxy) is 2. The Labute approximate surface area is 176 Å². The van der Waals surface area contributed by atoms with Crippen molar-refractivity contribution in [1.82, 2.24) is 0 Å². The first-order valence-electron chi connectivity index (χ1n) is 8.85. The van der Waals surface area contributed by atoms with Gasteiger partial charge in [-0.1, -0.05) is 48.0 Å². The molecule has 0 amide bonds. The van der Waals surface area contributed by atoms with Gasteiger partial charge in [0, 0.05) is 0 Å². The van der Waals surface area contributed by atoms with Gasteiger partial charge in [0.15, 0.2) is 5.70 Å². The third-order valence-electron chi connectivity index (χ3n) is 4.19. The highest BCUT2D eigenvalue weighted by atomic mass is 35.5. The zero-order valence-electron chi connectivity index (χ0n) is 15.3. The second-order valence-corrected chi connectivity index (χ2v) is 6.66. The van der Waals surface area contributed by atoms with E-state index in [0.29, 0.717) is 16.1 Å². The number of nitrogens with zero attached hydrogens (tertiary/aromatic N) is 1. The molecular formula is C23H13ClFNO4. The lowest BCUT2D eigenvalue weighted by molar-refractivity contribution is -0.129. The first-order valence-corrected chi connectivity index (χ1v) is 9.23. The Morgan fingerprint density at radius 2 is 1.80 bits per heavy atom. The van der Waals surface area contributed by atoms with Crippen LogP contribution in [0.1, 0.15) is 21.5 Å². The summed E-state index contributed by atoms with van der Waals surface area (Å²) in [6.07, 6.45) is 1.49. The van der Waals surface area contributed by atoms with Crippen molar-refractivity contribution >= 4 is 35.5 Å². The van der Waals surface area contributed by atoms with E-state index in [-0.39, 0.29) is 22.9 Å². The molecule has 5 nitrogen and oxygen atoms in total. The van der Waals surface area contributed by atoms with E-state index in [9.17, 15) is 14.0 Å². The van der Waals surface area contributed by atoms with E-state index in [1.54, 1.807) is 48.5 Å². The van der Waals surface area contributed by atoms with Gasteiger partial charge in [-0.2, -0.15) is 0 Å². The molecule has 0 N–H and O–H groups in total. The van der Waals surface area contributed by atoms with Gasteiger partial charge < -0.3 is 9.47 Å². The molecule has 0 unspecified atom stereocenters. The van der Waals surface area contributed by atoms with Crippen LogP contribution in [0.2, 0.25) is 5.02 Å². The van der Waals surface area contributed by atoms with Crippen LogP contribution in [-0.4, -0.2) is 17.8 Å². The van der Waals surface area contributed by atoms with Crippen molar-refractivity contribution in [3.05, 3.63) is 106 Å². The Morgan fingerprint density at radius 1 is 1.03 bits per heavy atom. The van der Waals surface area contributed by atoms with Crippen molar-refractivity contribution in [3.63, 3.8) is 0 Å². The highest BCUT2D eigenvalue weighted by Crippen LogP contribution is 2.25. The number of hydrogen-bond acceptors (Lipinski definition) is 5. The van der Waals surface area contributed by atoms with Crippen LogP contribution in [0.25, 0.3) is 6.08 Å². The van der Waals surface area contributed by atoms with E-state index in [2.05, 4.69) is 4.99 Å². The Balaban J connectivity index is 1.58. The summed E-state index contributed by atoms with van der Waals surface area (Å²) in [5.74, 6) is -1.81. The van der Waals surface area contributed by atoms with Gasteiger partial charge >= 0.3 is 11.9 Å². The van der Waals surface area contributed by atoms with Crippen LogP contribution in [0.4, 0.5) is 4.39 Å². The Bertz CT molecular complexity index is 1220. The molecule has 0 spiro atoms. The van der Waals surface area contributed by atoms with Crippen molar-refractivity contribution in [1.29, 1.82) is 0 Å². The molecule has 1 heterocycles. The van der Waals surface area contributed by atoms with Gasteiger partial charge in [-0.05, 0) is 48.0 Å². The maximum absolute atomic E-state index is 13.8. The van der Waals surface area contributed by atoms with Gasteiger partial charge in [-0.25, -0.2) is 19.0 Å². The molecule has 30 heavy (non-hydrogen) atoms. The predicted octanol–water partition coefficient (Wildman–Crippen LogP) is 5.04. The van der Waals surface area contributed by atoms with E-state index in [1.807, 2.05) is 0 Å². The summed E-state index contributed by atoms with van der Waals surface area (Å²) in [6.45, 7) is 0. The molecule has 0 aliphatic carbocycles.